The largest absolute Gasteiger partial charge is 0.466 e. The summed E-state index contributed by atoms with van der Waals surface area (Å²) in [6.45, 7) is 24.4. The van der Waals surface area contributed by atoms with Crippen molar-refractivity contribution >= 4 is 35.9 Å². The summed E-state index contributed by atoms with van der Waals surface area (Å²) < 4.78 is 20.8. The number of hydrogen-bond acceptors (Lipinski definition) is 10. The predicted octanol–water partition coefficient (Wildman–Crippen LogP) is 7.39. The van der Waals surface area contributed by atoms with Crippen LogP contribution in [0.3, 0.4) is 0 Å². The monoisotopic (exact) mass is 795 g/mol. The van der Waals surface area contributed by atoms with Crippen LogP contribution in [0.5, 0.6) is 0 Å². The molecule has 0 heterocycles. The molecule has 0 fully saturated rings. The minimum Gasteiger partial charge on any atom is -0.466 e. The van der Waals surface area contributed by atoms with Gasteiger partial charge >= 0.3 is 30.0 Å². The van der Waals surface area contributed by atoms with Crippen molar-refractivity contribution in [1.82, 2.24) is 20.4 Å². The highest BCUT2D eigenvalue weighted by Crippen LogP contribution is 2.17. The van der Waals surface area contributed by atoms with Gasteiger partial charge in [-0.2, -0.15) is 0 Å². The van der Waals surface area contributed by atoms with Crippen molar-refractivity contribution in [3.05, 3.63) is 24.3 Å². The van der Waals surface area contributed by atoms with Gasteiger partial charge in [0.25, 0.3) is 0 Å². The molecule has 4 amide bonds. The molecule has 2 N–H and O–H groups in total. The fraction of sp³-hybridized carbons (Fsp3) is 0.762. The number of amides is 4. The van der Waals surface area contributed by atoms with E-state index >= 15 is 0 Å². The van der Waals surface area contributed by atoms with Crippen LogP contribution in [0.2, 0.25) is 0 Å². The van der Waals surface area contributed by atoms with E-state index < -0.39 is 23.6 Å². The van der Waals surface area contributed by atoms with Crippen molar-refractivity contribution in [2.24, 2.45) is 0 Å². The molecule has 0 aliphatic carbocycles. The summed E-state index contributed by atoms with van der Waals surface area (Å²) >= 11 is 0. The summed E-state index contributed by atoms with van der Waals surface area (Å²) in [7, 11) is 0. The molecule has 0 unspecified atom stereocenters. The lowest BCUT2D eigenvalue weighted by Crippen LogP contribution is -2.51. The Bertz CT molecular complexity index is 1140. The molecular weight excluding hydrogens is 720 g/mol. The van der Waals surface area contributed by atoms with Gasteiger partial charge in [0.15, 0.2) is 0 Å². The van der Waals surface area contributed by atoms with Crippen molar-refractivity contribution in [3.63, 3.8) is 0 Å². The fourth-order valence-corrected chi connectivity index (χ4v) is 5.43. The SMILES string of the molecule is C=C(C)C(=O)OCCN(C(=O)CCCCCCCNC(=O)OCCCCOC(=O)CCCCCCCNC(=O)N(CCOC(=O)C(=C)C)C(C)(C)C)C(C)(C)C. The lowest BCUT2D eigenvalue weighted by molar-refractivity contribution is -0.144. The molecule has 0 spiro atoms. The van der Waals surface area contributed by atoms with E-state index in [-0.39, 0.29) is 56.4 Å². The first-order valence-corrected chi connectivity index (χ1v) is 20.3. The molecule has 14 heteroatoms. The number of esters is 3. The van der Waals surface area contributed by atoms with Crippen LogP contribution in [0.4, 0.5) is 9.59 Å². The van der Waals surface area contributed by atoms with E-state index in [0.29, 0.717) is 56.5 Å². The Morgan fingerprint density at radius 2 is 0.929 bits per heavy atom. The number of nitrogens with zero attached hydrogens (tertiary/aromatic N) is 2. The molecule has 14 nitrogen and oxygen atoms in total. The molecule has 0 aliphatic heterocycles. The molecule has 322 valence electrons. The summed E-state index contributed by atoms with van der Waals surface area (Å²) in [4.78, 5) is 76.2. The Kier molecular flexibility index (Phi) is 27.0. The van der Waals surface area contributed by atoms with Crippen molar-refractivity contribution in [1.29, 1.82) is 0 Å². The average molecular weight is 795 g/mol. The van der Waals surface area contributed by atoms with Gasteiger partial charge in [0.2, 0.25) is 5.91 Å². The van der Waals surface area contributed by atoms with Gasteiger partial charge in [-0.1, -0.05) is 51.7 Å². The number of urea groups is 1. The van der Waals surface area contributed by atoms with Crippen molar-refractivity contribution in [2.45, 2.75) is 156 Å². The molecule has 0 aromatic heterocycles. The molecule has 0 saturated heterocycles. The number of rotatable bonds is 29. The zero-order chi connectivity index (χ0) is 42.6. The Hall–Kier alpha value is -4.10. The molecule has 0 aliphatic rings. The first-order valence-electron chi connectivity index (χ1n) is 20.3. The number of hydrogen-bond donors (Lipinski definition) is 2. The van der Waals surface area contributed by atoms with E-state index in [0.717, 1.165) is 64.2 Å². The van der Waals surface area contributed by atoms with Crippen molar-refractivity contribution < 1.29 is 47.7 Å². The Morgan fingerprint density at radius 3 is 1.43 bits per heavy atom. The smallest absolute Gasteiger partial charge is 0.407 e. The topological polar surface area (TPSA) is 170 Å². The Labute approximate surface area is 336 Å². The maximum absolute atomic E-state index is 12.8. The Balaban J connectivity index is 3.84. The van der Waals surface area contributed by atoms with Crippen LogP contribution >= 0.6 is 0 Å². The van der Waals surface area contributed by atoms with E-state index in [1.54, 1.807) is 23.6 Å². The highest BCUT2D eigenvalue weighted by molar-refractivity contribution is 5.87. The molecule has 0 bridgehead atoms. The van der Waals surface area contributed by atoms with Crippen LogP contribution in [0.15, 0.2) is 24.3 Å². The fourth-order valence-electron chi connectivity index (χ4n) is 5.43. The number of nitrogens with one attached hydrogen (secondary N) is 2. The maximum Gasteiger partial charge on any atom is 0.407 e. The average Bonchev–Trinajstić information content (AvgIpc) is 3.10. The molecule has 56 heavy (non-hydrogen) atoms. The summed E-state index contributed by atoms with van der Waals surface area (Å²) in [5, 5.41) is 5.70. The highest BCUT2D eigenvalue weighted by Gasteiger charge is 2.27. The highest BCUT2D eigenvalue weighted by atomic mass is 16.6. The van der Waals surface area contributed by atoms with Gasteiger partial charge in [-0.3, -0.25) is 9.59 Å². The maximum atomic E-state index is 12.8. The third-order valence-corrected chi connectivity index (χ3v) is 8.66. The molecule has 0 aromatic carbocycles. The van der Waals surface area contributed by atoms with Crippen molar-refractivity contribution in [2.75, 3.05) is 52.6 Å². The summed E-state index contributed by atoms with van der Waals surface area (Å²) in [5.41, 5.74) is -0.157. The lowest BCUT2D eigenvalue weighted by Gasteiger charge is -2.35. The van der Waals surface area contributed by atoms with E-state index in [4.69, 9.17) is 18.9 Å². The summed E-state index contributed by atoms with van der Waals surface area (Å²) in [6.07, 6.45) is 10.2. The third-order valence-electron chi connectivity index (χ3n) is 8.66. The summed E-state index contributed by atoms with van der Waals surface area (Å²) in [5.74, 6) is -1.12. The number of alkyl carbamates (subject to hydrolysis) is 1. The van der Waals surface area contributed by atoms with Crippen LogP contribution in [0.1, 0.15) is 145 Å². The van der Waals surface area contributed by atoms with Gasteiger partial charge in [-0.25, -0.2) is 19.2 Å². The van der Waals surface area contributed by atoms with Crippen LogP contribution in [0.25, 0.3) is 0 Å². The van der Waals surface area contributed by atoms with Crippen LogP contribution < -0.4 is 10.6 Å². The second-order valence-corrected chi connectivity index (χ2v) is 16.1. The van der Waals surface area contributed by atoms with Crippen LogP contribution in [-0.2, 0) is 38.1 Å². The van der Waals surface area contributed by atoms with E-state index in [9.17, 15) is 28.8 Å². The molecule has 0 atom stereocenters. The number of ether oxygens (including phenoxy) is 4. The molecule has 0 radical (unpaired) electrons. The Morgan fingerprint density at radius 1 is 0.500 bits per heavy atom. The van der Waals surface area contributed by atoms with Crippen LogP contribution in [0, 0.1) is 0 Å². The zero-order valence-corrected chi connectivity index (χ0v) is 35.9. The van der Waals surface area contributed by atoms with E-state index in [2.05, 4.69) is 23.8 Å². The van der Waals surface area contributed by atoms with Gasteiger partial charge < -0.3 is 39.4 Å². The minimum atomic E-state index is -0.471. The van der Waals surface area contributed by atoms with Gasteiger partial charge in [0.05, 0.1) is 26.3 Å². The van der Waals surface area contributed by atoms with Gasteiger partial charge in [0, 0.05) is 48.2 Å². The van der Waals surface area contributed by atoms with E-state index in [1.807, 2.05) is 41.5 Å². The number of carbonyl (C=O) groups excluding carboxylic acids is 6. The standard InChI is InChI=1S/C42H74N4O10/c1-33(2)37(49)54-31-27-45(41(5,6)7)35(47)23-17-13-11-16-20-26-44-40(52)56-30-22-21-29-53-36(48)24-18-14-12-15-19-25-43-39(51)46(42(8,9)10)28-32-55-38(50)34(3)4/h1,3,11-32H2,2,4-10H3,(H,43,51)(H,44,52). The minimum absolute atomic E-state index is 0.0376. The molecular formula is C42H74N4O10. The predicted molar refractivity (Wildman–Crippen MR) is 218 cm³/mol. The molecule has 0 rings (SSSR count). The van der Waals surface area contributed by atoms with E-state index in [1.165, 1.54) is 0 Å². The first kappa shape index (κ1) is 51.9. The summed E-state index contributed by atoms with van der Waals surface area (Å²) in [6, 6.07) is -0.202. The van der Waals surface area contributed by atoms with Crippen LogP contribution in [-0.4, -0.2) is 109 Å². The van der Waals surface area contributed by atoms with Gasteiger partial charge in [0.1, 0.15) is 13.2 Å². The molecule has 0 saturated carbocycles. The quantitative estimate of drug-likeness (QED) is 0.0337. The van der Waals surface area contributed by atoms with Gasteiger partial charge in [-0.05, 0) is 93.9 Å². The number of carbonyl (C=O) groups is 6. The molecule has 0 aromatic rings. The first-order chi connectivity index (χ1) is 26.3. The lowest BCUT2D eigenvalue weighted by atomic mass is 10.0. The third kappa shape index (κ3) is 26.7. The normalized spacial score (nSPS) is 11.2. The second-order valence-electron chi connectivity index (χ2n) is 16.1. The van der Waals surface area contributed by atoms with Gasteiger partial charge in [-0.15, -0.1) is 0 Å². The second kappa shape index (κ2) is 29.2. The number of unbranched alkanes of at least 4 members (excludes halogenated alkanes) is 9. The van der Waals surface area contributed by atoms with Crippen molar-refractivity contribution in [3.8, 4) is 0 Å². The zero-order valence-electron chi connectivity index (χ0n) is 35.9.